The van der Waals surface area contributed by atoms with Crippen LogP contribution in [0.15, 0.2) is 18.2 Å². The first kappa shape index (κ1) is 12.7. The molecule has 5 nitrogen and oxygen atoms in total. The second-order valence-electron chi connectivity index (χ2n) is 4.56. The number of rotatable bonds is 2. The van der Waals surface area contributed by atoms with Crippen LogP contribution in [0.2, 0.25) is 0 Å². The molecule has 0 aromatic heterocycles. The number of anilines is 2. The SMILES string of the molecule is CC1CN(c2cc(N)ccc2C(=O)O)CCCO1. The Hall–Kier alpha value is -1.75. The fraction of sp³-hybridized carbons (Fsp3) is 0.462. The summed E-state index contributed by atoms with van der Waals surface area (Å²) >= 11 is 0. The van der Waals surface area contributed by atoms with E-state index in [1.54, 1.807) is 18.2 Å². The summed E-state index contributed by atoms with van der Waals surface area (Å²) in [6.07, 6.45) is 0.980. The number of ether oxygens (including phenoxy) is 1. The maximum Gasteiger partial charge on any atom is 0.337 e. The second kappa shape index (κ2) is 5.27. The van der Waals surface area contributed by atoms with E-state index >= 15 is 0 Å². The molecule has 1 fully saturated rings. The molecule has 2 rings (SSSR count). The van der Waals surface area contributed by atoms with Gasteiger partial charge in [0.15, 0.2) is 0 Å². The number of nitrogens with two attached hydrogens (primary N) is 1. The highest BCUT2D eigenvalue weighted by Gasteiger charge is 2.20. The van der Waals surface area contributed by atoms with Gasteiger partial charge in [-0.15, -0.1) is 0 Å². The molecule has 18 heavy (non-hydrogen) atoms. The molecule has 0 amide bonds. The van der Waals surface area contributed by atoms with Crippen LogP contribution in [0.1, 0.15) is 23.7 Å². The number of carboxylic acids is 1. The molecule has 1 unspecified atom stereocenters. The lowest BCUT2D eigenvalue weighted by atomic mass is 10.1. The van der Waals surface area contributed by atoms with Crippen molar-refractivity contribution in [3.8, 4) is 0 Å². The van der Waals surface area contributed by atoms with E-state index in [9.17, 15) is 9.90 Å². The predicted octanol–water partition coefficient (Wildman–Crippen LogP) is 1.58. The number of benzene rings is 1. The molecule has 0 aliphatic carbocycles. The van der Waals surface area contributed by atoms with Crippen LogP contribution in [0, 0.1) is 0 Å². The number of carboxylic acid groups (broad SMARTS) is 1. The molecule has 5 heteroatoms. The zero-order valence-corrected chi connectivity index (χ0v) is 10.4. The normalized spacial score (nSPS) is 20.5. The molecular weight excluding hydrogens is 232 g/mol. The van der Waals surface area contributed by atoms with Crippen LogP contribution in [0.5, 0.6) is 0 Å². The van der Waals surface area contributed by atoms with Gasteiger partial charge in [0.1, 0.15) is 0 Å². The average molecular weight is 250 g/mol. The quantitative estimate of drug-likeness (QED) is 0.779. The third-order valence-corrected chi connectivity index (χ3v) is 3.05. The van der Waals surface area contributed by atoms with Gasteiger partial charge in [0.2, 0.25) is 0 Å². The highest BCUT2D eigenvalue weighted by Crippen LogP contribution is 2.25. The van der Waals surface area contributed by atoms with Gasteiger partial charge in [0.05, 0.1) is 17.4 Å². The fourth-order valence-corrected chi connectivity index (χ4v) is 2.20. The molecule has 0 bridgehead atoms. The summed E-state index contributed by atoms with van der Waals surface area (Å²) in [6, 6.07) is 4.90. The Labute approximate surface area is 106 Å². The zero-order chi connectivity index (χ0) is 13.1. The van der Waals surface area contributed by atoms with Crippen LogP contribution >= 0.6 is 0 Å². The summed E-state index contributed by atoms with van der Waals surface area (Å²) in [6.45, 7) is 4.17. The predicted molar refractivity (Wildman–Crippen MR) is 70.1 cm³/mol. The number of aromatic carboxylic acids is 1. The van der Waals surface area contributed by atoms with Gasteiger partial charge in [-0.2, -0.15) is 0 Å². The van der Waals surface area contributed by atoms with Gasteiger partial charge in [0, 0.05) is 25.4 Å². The average Bonchev–Trinajstić information content (AvgIpc) is 2.53. The molecule has 0 spiro atoms. The van der Waals surface area contributed by atoms with E-state index in [4.69, 9.17) is 10.5 Å². The van der Waals surface area contributed by atoms with Crippen LogP contribution in [0.3, 0.4) is 0 Å². The number of hydrogen-bond donors (Lipinski definition) is 2. The molecule has 1 saturated heterocycles. The Kier molecular flexibility index (Phi) is 3.72. The second-order valence-corrected chi connectivity index (χ2v) is 4.56. The van der Waals surface area contributed by atoms with Crippen molar-refractivity contribution in [2.75, 3.05) is 30.3 Å². The number of carbonyl (C=O) groups is 1. The first-order valence-corrected chi connectivity index (χ1v) is 6.07. The van der Waals surface area contributed by atoms with Crippen molar-refractivity contribution in [2.24, 2.45) is 0 Å². The van der Waals surface area contributed by atoms with Gasteiger partial charge in [-0.05, 0) is 31.5 Å². The van der Waals surface area contributed by atoms with Crippen LogP contribution in [-0.4, -0.2) is 36.9 Å². The largest absolute Gasteiger partial charge is 0.478 e. The highest BCUT2D eigenvalue weighted by atomic mass is 16.5. The third-order valence-electron chi connectivity index (χ3n) is 3.05. The van der Waals surface area contributed by atoms with E-state index in [-0.39, 0.29) is 6.10 Å². The molecule has 1 aliphatic heterocycles. The molecule has 98 valence electrons. The Morgan fingerprint density at radius 1 is 1.56 bits per heavy atom. The minimum absolute atomic E-state index is 0.0931. The third kappa shape index (κ3) is 2.73. The maximum absolute atomic E-state index is 11.2. The van der Waals surface area contributed by atoms with Crippen molar-refractivity contribution in [1.29, 1.82) is 0 Å². The summed E-state index contributed by atoms with van der Waals surface area (Å²) in [5.41, 5.74) is 7.30. The Morgan fingerprint density at radius 2 is 2.33 bits per heavy atom. The molecule has 1 atom stereocenters. The van der Waals surface area contributed by atoms with Gasteiger partial charge in [0.25, 0.3) is 0 Å². The van der Waals surface area contributed by atoms with E-state index in [0.717, 1.165) is 13.0 Å². The van der Waals surface area contributed by atoms with Crippen molar-refractivity contribution in [3.63, 3.8) is 0 Å². The van der Waals surface area contributed by atoms with Crippen LogP contribution < -0.4 is 10.6 Å². The molecule has 1 aromatic rings. The number of nitrogens with zero attached hydrogens (tertiary/aromatic N) is 1. The first-order valence-electron chi connectivity index (χ1n) is 6.07. The smallest absolute Gasteiger partial charge is 0.337 e. The molecule has 1 aliphatic rings. The standard InChI is InChI=1S/C13H18N2O3/c1-9-8-15(5-2-6-18-9)12-7-10(14)3-4-11(12)13(16)17/h3-4,7,9H,2,5-6,8,14H2,1H3,(H,16,17). The number of hydrogen-bond acceptors (Lipinski definition) is 4. The van der Waals surface area contributed by atoms with E-state index in [2.05, 4.69) is 0 Å². The molecule has 0 radical (unpaired) electrons. The summed E-state index contributed by atoms with van der Waals surface area (Å²) < 4.78 is 5.56. The van der Waals surface area contributed by atoms with Gasteiger partial charge < -0.3 is 20.5 Å². The van der Waals surface area contributed by atoms with Crippen molar-refractivity contribution in [1.82, 2.24) is 0 Å². The number of nitrogen functional groups attached to an aromatic ring is 1. The van der Waals surface area contributed by atoms with E-state index in [1.165, 1.54) is 0 Å². The van der Waals surface area contributed by atoms with Crippen molar-refractivity contribution < 1.29 is 14.6 Å². The van der Waals surface area contributed by atoms with Gasteiger partial charge in [-0.1, -0.05) is 0 Å². The van der Waals surface area contributed by atoms with Gasteiger partial charge >= 0.3 is 5.97 Å². The molecule has 1 heterocycles. The van der Waals surface area contributed by atoms with E-state index in [0.29, 0.717) is 30.1 Å². The van der Waals surface area contributed by atoms with Crippen molar-refractivity contribution >= 4 is 17.3 Å². The zero-order valence-electron chi connectivity index (χ0n) is 10.4. The summed E-state index contributed by atoms with van der Waals surface area (Å²) in [5, 5.41) is 9.22. The maximum atomic E-state index is 11.2. The topological polar surface area (TPSA) is 75.8 Å². The lowest BCUT2D eigenvalue weighted by Gasteiger charge is -2.26. The lowest BCUT2D eigenvalue weighted by Crippen LogP contribution is -2.31. The summed E-state index contributed by atoms with van der Waals surface area (Å²) in [4.78, 5) is 13.3. The van der Waals surface area contributed by atoms with E-state index < -0.39 is 5.97 Å². The molecular formula is C13H18N2O3. The molecule has 3 N–H and O–H groups in total. The summed E-state index contributed by atoms with van der Waals surface area (Å²) in [5.74, 6) is -0.928. The van der Waals surface area contributed by atoms with Gasteiger partial charge in [-0.25, -0.2) is 4.79 Å². The van der Waals surface area contributed by atoms with Crippen LogP contribution in [0.4, 0.5) is 11.4 Å². The van der Waals surface area contributed by atoms with Gasteiger partial charge in [-0.3, -0.25) is 0 Å². The Morgan fingerprint density at radius 3 is 3.06 bits per heavy atom. The Balaban J connectivity index is 2.35. The molecule has 0 saturated carbocycles. The van der Waals surface area contributed by atoms with Crippen molar-refractivity contribution in [2.45, 2.75) is 19.4 Å². The monoisotopic (exact) mass is 250 g/mol. The van der Waals surface area contributed by atoms with E-state index in [1.807, 2.05) is 11.8 Å². The first-order chi connectivity index (χ1) is 8.58. The lowest BCUT2D eigenvalue weighted by molar-refractivity contribution is 0.0696. The summed E-state index contributed by atoms with van der Waals surface area (Å²) in [7, 11) is 0. The van der Waals surface area contributed by atoms with Crippen LogP contribution in [-0.2, 0) is 4.74 Å². The van der Waals surface area contributed by atoms with Crippen LogP contribution in [0.25, 0.3) is 0 Å². The minimum atomic E-state index is -0.928. The fourth-order valence-electron chi connectivity index (χ4n) is 2.20. The molecule has 1 aromatic carbocycles. The Bertz CT molecular complexity index is 448. The minimum Gasteiger partial charge on any atom is -0.478 e. The van der Waals surface area contributed by atoms with Crippen molar-refractivity contribution in [3.05, 3.63) is 23.8 Å². The highest BCUT2D eigenvalue weighted by molar-refractivity contribution is 5.95.